The summed E-state index contributed by atoms with van der Waals surface area (Å²) >= 11 is 0. The molecule has 3 aromatic rings. The lowest BCUT2D eigenvalue weighted by atomic mass is 10.1. The predicted octanol–water partition coefficient (Wildman–Crippen LogP) is 2.09. The Balaban J connectivity index is 2.17. The molecular weight excluding hydrogens is 228 g/mol. The summed E-state index contributed by atoms with van der Waals surface area (Å²) in [7, 11) is 0. The van der Waals surface area contributed by atoms with Crippen LogP contribution in [0.4, 0.5) is 0 Å². The van der Waals surface area contributed by atoms with E-state index in [1.165, 1.54) is 5.56 Å². The minimum Gasteiger partial charge on any atom is -0.387 e. The van der Waals surface area contributed by atoms with Gasteiger partial charge in [-0.25, -0.2) is 4.52 Å². The Hall–Kier alpha value is -2.14. The number of rotatable bonds is 2. The summed E-state index contributed by atoms with van der Waals surface area (Å²) in [6.45, 7) is 3.75. The van der Waals surface area contributed by atoms with Crippen LogP contribution in [0.2, 0.25) is 0 Å². The van der Waals surface area contributed by atoms with Gasteiger partial charge in [0.15, 0.2) is 11.5 Å². The second-order valence-corrected chi connectivity index (χ2v) is 4.47. The number of nitrogens with zero attached hydrogens (tertiary/aromatic N) is 3. The van der Waals surface area contributed by atoms with Gasteiger partial charge in [-0.1, -0.05) is 23.8 Å². The Morgan fingerprint density at radius 1 is 1.28 bits per heavy atom. The molecule has 3 rings (SSSR count). The van der Waals surface area contributed by atoms with Gasteiger partial charge in [0, 0.05) is 11.6 Å². The van der Waals surface area contributed by atoms with Crippen LogP contribution < -0.4 is 0 Å². The zero-order valence-corrected chi connectivity index (χ0v) is 10.3. The third kappa shape index (κ3) is 1.69. The van der Waals surface area contributed by atoms with Gasteiger partial charge in [-0.2, -0.15) is 0 Å². The van der Waals surface area contributed by atoms with E-state index in [2.05, 4.69) is 21.4 Å². The fourth-order valence-electron chi connectivity index (χ4n) is 1.99. The smallest absolute Gasteiger partial charge is 0.183 e. The van der Waals surface area contributed by atoms with E-state index in [-0.39, 0.29) is 0 Å². The molecule has 0 aliphatic heterocycles. The van der Waals surface area contributed by atoms with Crippen molar-refractivity contribution >= 4 is 5.65 Å². The lowest BCUT2D eigenvalue weighted by Crippen LogP contribution is -1.95. The maximum atomic E-state index is 9.56. The van der Waals surface area contributed by atoms with Gasteiger partial charge < -0.3 is 5.11 Å². The molecule has 5 heteroatoms. The third-order valence-electron chi connectivity index (χ3n) is 2.94. The summed E-state index contributed by atoms with van der Waals surface area (Å²) in [5.41, 5.74) is 3.62. The average Bonchev–Trinajstić information content (AvgIpc) is 2.87. The number of aliphatic hydroxyl groups excluding tert-OH is 1. The van der Waals surface area contributed by atoms with Crippen LogP contribution in [0.15, 0.2) is 30.3 Å². The van der Waals surface area contributed by atoms with Gasteiger partial charge >= 0.3 is 0 Å². The van der Waals surface area contributed by atoms with E-state index >= 15 is 0 Å². The molecule has 5 nitrogen and oxygen atoms in total. The van der Waals surface area contributed by atoms with Crippen molar-refractivity contribution in [2.24, 2.45) is 0 Å². The number of hydrogen-bond acceptors (Lipinski definition) is 3. The number of H-pyrrole nitrogens is 1. The second-order valence-electron chi connectivity index (χ2n) is 4.47. The number of aliphatic hydroxyl groups is 1. The number of fused-ring (bicyclic) bond motifs is 1. The standard InChI is InChI=1S/C13H14N4O/c1-8-4-3-5-10(6-8)13-15-14-12-7-11(9(2)18)16-17(12)13/h3-7,9,16,18H,1-2H3. The molecule has 2 N–H and O–H groups in total. The Morgan fingerprint density at radius 2 is 2.11 bits per heavy atom. The monoisotopic (exact) mass is 242 g/mol. The van der Waals surface area contributed by atoms with Crippen molar-refractivity contribution in [2.75, 3.05) is 0 Å². The largest absolute Gasteiger partial charge is 0.387 e. The molecule has 2 heterocycles. The van der Waals surface area contributed by atoms with Crippen LogP contribution in [0.3, 0.4) is 0 Å². The molecule has 1 atom stereocenters. The summed E-state index contributed by atoms with van der Waals surface area (Å²) in [6, 6.07) is 9.88. The normalized spacial score (nSPS) is 13.1. The maximum absolute atomic E-state index is 9.56. The van der Waals surface area contributed by atoms with Crippen molar-refractivity contribution in [3.8, 4) is 11.4 Å². The van der Waals surface area contributed by atoms with Crippen LogP contribution in [0.25, 0.3) is 17.0 Å². The summed E-state index contributed by atoms with van der Waals surface area (Å²) in [5, 5.41) is 20.9. The lowest BCUT2D eigenvalue weighted by Gasteiger charge is -2.01. The Labute approximate surface area is 104 Å². The van der Waals surface area contributed by atoms with E-state index in [0.29, 0.717) is 5.65 Å². The molecule has 0 saturated heterocycles. The molecular formula is C13H14N4O. The van der Waals surface area contributed by atoms with E-state index in [1.807, 2.05) is 25.1 Å². The topological polar surface area (TPSA) is 66.2 Å². The molecule has 1 aromatic carbocycles. The first-order chi connectivity index (χ1) is 8.65. The van der Waals surface area contributed by atoms with Crippen LogP contribution >= 0.6 is 0 Å². The second kappa shape index (κ2) is 3.96. The van der Waals surface area contributed by atoms with Crippen molar-refractivity contribution in [1.82, 2.24) is 19.8 Å². The van der Waals surface area contributed by atoms with E-state index < -0.39 is 6.10 Å². The zero-order chi connectivity index (χ0) is 12.7. The lowest BCUT2D eigenvalue weighted by molar-refractivity contribution is 0.194. The summed E-state index contributed by atoms with van der Waals surface area (Å²) in [4.78, 5) is 0. The highest BCUT2D eigenvalue weighted by molar-refractivity contribution is 5.60. The van der Waals surface area contributed by atoms with Gasteiger partial charge in [-0.05, 0) is 19.9 Å². The summed E-state index contributed by atoms with van der Waals surface area (Å²) in [5.74, 6) is 0.751. The molecule has 0 radical (unpaired) electrons. The van der Waals surface area contributed by atoms with E-state index in [0.717, 1.165) is 17.1 Å². The highest BCUT2D eigenvalue weighted by Crippen LogP contribution is 2.21. The van der Waals surface area contributed by atoms with E-state index in [4.69, 9.17) is 0 Å². The fraction of sp³-hybridized carbons (Fsp3) is 0.231. The predicted molar refractivity (Wildman–Crippen MR) is 68.1 cm³/mol. The van der Waals surface area contributed by atoms with Gasteiger partial charge in [0.05, 0.1) is 11.8 Å². The average molecular weight is 242 g/mol. The third-order valence-corrected chi connectivity index (χ3v) is 2.94. The first-order valence-corrected chi connectivity index (χ1v) is 5.84. The number of nitrogens with one attached hydrogen (secondary N) is 1. The van der Waals surface area contributed by atoms with Crippen LogP contribution in [-0.2, 0) is 0 Å². The maximum Gasteiger partial charge on any atom is 0.183 e. The van der Waals surface area contributed by atoms with E-state index in [1.54, 1.807) is 17.5 Å². The molecule has 92 valence electrons. The van der Waals surface area contributed by atoms with Gasteiger partial charge in [-0.3, -0.25) is 5.10 Å². The number of aromatic amines is 1. The molecule has 0 fully saturated rings. The molecule has 18 heavy (non-hydrogen) atoms. The number of aryl methyl sites for hydroxylation is 1. The number of aromatic nitrogens is 4. The highest BCUT2D eigenvalue weighted by Gasteiger charge is 2.12. The molecule has 0 spiro atoms. The first kappa shape index (κ1) is 11.0. The number of hydrogen-bond donors (Lipinski definition) is 2. The SMILES string of the molecule is Cc1cccc(-c2nnc3cc(C(C)O)[nH]n23)c1. The Kier molecular flexibility index (Phi) is 2.41. The van der Waals surface area contributed by atoms with Gasteiger partial charge in [0.2, 0.25) is 0 Å². The summed E-state index contributed by atoms with van der Waals surface area (Å²) < 4.78 is 1.79. The van der Waals surface area contributed by atoms with Crippen LogP contribution in [0.5, 0.6) is 0 Å². The van der Waals surface area contributed by atoms with Crippen molar-refractivity contribution in [3.63, 3.8) is 0 Å². The van der Waals surface area contributed by atoms with Crippen molar-refractivity contribution in [1.29, 1.82) is 0 Å². The van der Waals surface area contributed by atoms with Gasteiger partial charge in [-0.15, -0.1) is 10.2 Å². The zero-order valence-electron chi connectivity index (χ0n) is 10.3. The first-order valence-electron chi connectivity index (χ1n) is 5.84. The molecule has 0 bridgehead atoms. The van der Waals surface area contributed by atoms with E-state index in [9.17, 15) is 5.11 Å². The molecule has 0 aliphatic carbocycles. The molecule has 0 saturated carbocycles. The van der Waals surface area contributed by atoms with Crippen LogP contribution in [0, 0.1) is 6.92 Å². The van der Waals surface area contributed by atoms with Crippen molar-refractivity contribution in [3.05, 3.63) is 41.6 Å². The molecule has 1 unspecified atom stereocenters. The molecule has 0 aliphatic rings. The molecule has 0 amide bonds. The minimum absolute atomic E-state index is 0.544. The van der Waals surface area contributed by atoms with Crippen molar-refractivity contribution in [2.45, 2.75) is 20.0 Å². The summed E-state index contributed by atoms with van der Waals surface area (Å²) in [6.07, 6.45) is -0.544. The quantitative estimate of drug-likeness (QED) is 0.723. The van der Waals surface area contributed by atoms with Crippen molar-refractivity contribution < 1.29 is 5.11 Å². The Bertz CT molecular complexity index is 696. The van der Waals surface area contributed by atoms with Crippen LogP contribution in [0.1, 0.15) is 24.3 Å². The minimum atomic E-state index is -0.544. The molecule has 2 aromatic heterocycles. The van der Waals surface area contributed by atoms with Gasteiger partial charge in [0.25, 0.3) is 0 Å². The van der Waals surface area contributed by atoms with Gasteiger partial charge in [0.1, 0.15) is 0 Å². The fourth-order valence-corrected chi connectivity index (χ4v) is 1.99. The highest BCUT2D eigenvalue weighted by atomic mass is 16.3. The Morgan fingerprint density at radius 3 is 2.83 bits per heavy atom. The number of benzene rings is 1. The van der Waals surface area contributed by atoms with Crippen LogP contribution in [-0.4, -0.2) is 24.9 Å².